The van der Waals surface area contributed by atoms with Crippen molar-refractivity contribution in [3.05, 3.63) is 53.3 Å². The van der Waals surface area contributed by atoms with Crippen LogP contribution in [0.2, 0.25) is 0 Å². The van der Waals surface area contributed by atoms with Crippen LogP contribution in [0.4, 0.5) is 0 Å². The van der Waals surface area contributed by atoms with Crippen LogP contribution in [0.15, 0.2) is 36.5 Å². The van der Waals surface area contributed by atoms with Crippen LogP contribution >= 0.6 is 0 Å². The molecule has 0 aliphatic carbocycles. The van der Waals surface area contributed by atoms with E-state index in [9.17, 15) is 4.79 Å². The zero-order valence-corrected chi connectivity index (χ0v) is 13.0. The predicted octanol–water partition coefficient (Wildman–Crippen LogP) is 2.50. The van der Waals surface area contributed by atoms with Crippen LogP contribution in [0.25, 0.3) is 0 Å². The number of hydrogen-bond acceptors (Lipinski definition) is 3. The fourth-order valence-corrected chi connectivity index (χ4v) is 2.51. The molecule has 4 heteroatoms. The minimum absolute atomic E-state index is 0.0679. The first kappa shape index (κ1) is 14.6. The number of benzene rings is 1. The van der Waals surface area contributed by atoms with Crippen molar-refractivity contribution in [2.75, 3.05) is 13.2 Å². The maximum Gasteiger partial charge on any atom is 0.227 e. The molecule has 0 fully saturated rings. The summed E-state index contributed by atoms with van der Waals surface area (Å²) < 4.78 is 13.0. The van der Waals surface area contributed by atoms with Gasteiger partial charge in [0.05, 0.1) is 0 Å². The Morgan fingerprint density at radius 1 is 1.14 bits per heavy atom. The van der Waals surface area contributed by atoms with Crippen molar-refractivity contribution in [2.24, 2.45) is 0 Å². The fourth-order valence-electron chi connectivity index (χ4n) is 2.51. The second-order valence-corrected chi connectivity index (χ2v) is 5.44. The third kappa shape index (κ3) is 2.96. The van der Waals surface area contributed by atoms with E-state index in [2.05, 4.69) is 19.1 Å². The molecular formula is C18H20NO3+. The van der Waals surface area contributed by atoms with E-state index in [1.807, 2.05) is 23.8 Å². The van der Waals surface area contributed by atoms with E-state index in [0.717, 1.165) is 12.1 Å². The molecule has 1 aliphatic rings. The second kappa shape index (κ2) is 6.18. The molecule has 0 N–H and O–H groups in total. The SMILES string of the molecule is CCc1ccc(C)[n+](CC(=O)c2ccc3c(c2)OCCO3)c1. The number of aryl methyl sites for hydroxylation is 2. The molecule has 0 atom stereocenters. The van der Waals surface area contributed by atoms with Gasteiger partial charge in [-0.15, -0.1) is 0 Å². The van der Waals surface area contributed by atoms with E-state index >= 15 is 0 Å². The molecule has 1 aliphatic heterocycles. The van der Waals surface area contributed by atoms with Gasteiger partial charge >= 0.3 is 0 Å². The molecule has 114 valence electrons. The molecule has 0 radical (unpaired) electrons. The molecule has 22 heavy (non-hydrogen) atoms. The lowest BCUT2D eigenvalue weighted by Gasteiger charge is -2.18. The number of Topliss-reactive ketones (excluding diaryl/α,β-unsaturated/α-hetero) is 1. The predicted molar refractivity (Wildman–Crippen MR) is 82.5 cm³/mol. The third-order valence-electron chi connectivity index (χ3n) is 3.90. The Hall–Kier alpha value is -2.36. The van der Waals surface area contributed by atoms with Gasteiger partial charge < -0.3 is 9.47 Å². The summed E-state index contributed by atoms with van der Waals surface area (Å²) in [5, 5.41) is 0. The summed E-state index contributed by atoms with van der Waals surface area (Å²) in [7, 11) is 0. The largest absolute Gasteiger partial charge is 0.486 e. The number of pyridine rings is 1. The van der Waals surface area contributed by atoms with E-state index in [1.54, 1.807) is 12.1 Å². The summed E-state index contributed by atoms with van der Waals surface area (Å²) in [5.74, 6) is 1.43. The first-order valence-corrected chi connectivity index (χ1v) is 7.59. The van der Waals surface area contributed by atoms with Crippen molar-refractivity contribution >= 4 is 5.78 Å². The topological polar surface area (TPSA) is 39.4 Å². The molecule has 0 saturated heterocycles. The highest BCUT2D eigenvalue weighted by Crippen LogP contribution is 2.30. The number of fused-ring (bicyclic) bond motifs is 1. The first-order valence-electron chi connectivity index (χ1n) is 7.59. The lowest BCUT2D eigenvalue weighted by atomic mass is 10.1. The Morgan fingerprint density at radius 2 is 1.91 bits per heavy atom. The normalized spacial score (nSPS) is 13.0. The van der Waals surface area contributed by atoms with Crippen molar-refractivity contribution in [2.45, 2.75) is 26.8 Å². The molecule has 0 bridgehead atoms. The number of rotatable bonds is 4. The highest BCUT2D eigenvalue weighted by molar-refractivity contribution is 5.95. The van der Waals surface area contributed by atoms with Crippen LogP contribution in [0.3, 0.4) is 0 Å². The quantitative estimate of drug-likeness (QED) is 0.643. The summed E-state index contributed by atoms with van der Waals surface area (Å²) in [6, 6.07) is 9.53. The molecule has 2 aromatic rings. The molecule has 3 rings (SSSR count). The third-order valence-corrected chi connectivity index (χ3v) is 3.90. The molecular weight excluding hydrogens is 278 g/mol. The highest BCUT2D eigenvalue weighted by Gasteiger charge is 2.18. The molecule has 0 spiro atoms. The number of nitrogens with zero attached hydrogens (tertiary/aromatic N) is 1. The molecule has 1 aromatic carbocycles. The van der Waals surface area contributed by atoms with Crippen LogP contribution in [0.1, 0.15) is 28.5 Å². The summed E-state index contributed by atoms with van der Waals surface area (Å²) in [6.45, 7) is 5.53. The van der Waals surface area contributed by atoms with Gasteiger partial charge in [-0.3, -0.25) is 4.79 Å². The minimum Gasteiger partial charge on any atom is -0.486 e. The smallest absolute Gasteiger partial charge is 0.227 e. The van der Waals surface area contributed by atoms with Gasteiger partial charge in [0, 0.05) is 24.1 Å². The van der Waals surface area contributed by atoms with E-state index in [1.165, 1.54) is 5.56 Å². The average Bonchev–Trinajstić information content (AvgIpc) is 2.56. The number of aromatic nitrogens is 1. The molecule has 0 saturated carbocycles. The maximum absolute atomic E-state index is 12.5. The molecule has 0 amide bonds. The molecule has 0 unspecified atom stereocenters. The number of ether oxygens (including phenoxy) is 2. The van der Waals surface area contributed by atoms with Gasteiger partial charge in [0.25, 0.3) is 0 Å². The first-order chi connectivity index (χ1) is 10.7. The number of carbonyl (C=O) groups is 1. The summed E-state index contributed by atoms with van der Waals surface area (Å²) in [6.07, 6.45) is 3.00. The second-order valence-electron chi connectivity index (χ2n) is 5.44. The number of ketones is 1. The minimum atomic E-state index is 0.0679. The van der Waals surface area contributed by atoms with Crippen molar-refractivity contribution in [1.82, 2.24) is 0 Å². The Balaban J connectivity index is 1.82. The standard InChI is InChI=1S/C18H20NO3/c1-3-14-5-4-13(2)19(11-14)12-16(20)15-6-7-17-18(10-15)22-9-8-21-17/h4-7,10-11H,3,8-9,12H2,1-2H3/q+1. The van der Waals surface area contributed by atoms with Crippen molar-refractivity contribution in [3.8, 4) is 11.5 Å². The fraction of sp³-hybridized carbons (Fsp3) is 0.333. The van der Waals surface area contributed by atoms with Gasteiger partial charge in [-0.25, -0.2) is 0 Å². The lowest BCUT2D eigenvalue weighted by molar-refractivity contribution is -0.689. The van der Waals surface area contributed by atoms with E-state index in [-0.39, 0.29) is 5.78 Å². The van der Waals surface area contributed by atoms with E-state index < -0.39 is 0 Å². The van der Waals surface area contributed by atoms with Crippen LogP contribution in [0.5, 0.6) is 11.5 Å². The Kier molecular flexibility index (Phi) is 4.09. The van der Waals surface area contributed by atoms with Crippen molar-refractivity contribution in [1.29, 1.82) is 0 Å². The number of hydrogen-bond donors (Lipinski definition) is 0. The Morgan fingerprint density at radius 3 is 2.68 bits per heavy atom. The lowest BCUT2D eigenvalue weighted by Crippen LogP contribution is -2.41. The van der Waals surface area contributed by atoms with Crippen LogP contribution < -0.4 is 14.0 Å². The van der Waals surface area contributed by atoms with Crippen LogP contribution in [-0.2, 0) is 13.0 Å². The van der Waals surface area contributed by atoms with Gasteiger partial charge in [0.1, 0.15) is 13.2 Å². The average molecular weight is 298 g/mol. The zero-order valence-electron chi connectivity index (χ0n) is 13.0. The van der Waals surface area contributed by atoms with E-state index in [0.29, 0.717) is 36.8 Å². The van der Waals surface area contributed by atoms with Crippen LogP contribution in [-0.4, -0.2) is 19.0 Å². The van der Waals surface area contributed by atoms with Crippen molar-refractivity contribution < 1.29 is 18.8 Å². The van der Waals surface area contributed by atoms with Crippen molar-refractivity contribution in [3.63, 3.8) is 0 Å². The van der Waals surface area contributed by atoms with Gasteiger partial charge in [-0.2, -0.15) is 4.57 Å². The van der Waals surface area contributed by atoms with Gasteiger partial charge in [0.2, 0.25) is 12.3 Å². The van der Waals surface area contributed by atoms with Crippen LogP contribution in [0, 0.1) is 6.92 Å². The summed E-state index contributed by atoms with van der Waals surface area (Å²) in [5.41, 5.74) is 2.95. The summed E-state index contributed by atoms with van der Waals surface area (Å²) in [4.78, 5) is 12.5. The molecule has 2 heterocycles. The zero-order chi connectivity index (χ0) is 15.5. The summed E-state index contributed by atoms with van der Waals surface area (Å²) >= 11 is 0. The highest BCUT2D eigenvalue weighted by atomic mass is 16.6. The van der Waals surface area contributed by atoms with E-state index in [4.69, 9.17) is 9.47 Å². The maximum atomic E-state index is 12.5. The molecule has 1 aromatic heterocycles. The van der Waals surface area contributed by atoms with Gasteiger partial charge in [-0.05, 0) is 30.7 Å². The van der Waals surface area contributed by atoms with Gasteiger partial charge in [0.15, 0.2) is 23.4 Å². The molecule has 4 nitrogen and oxygen atoms in total. The monoisotopic (exact) mass is 298 g/mol. The number of carbonyl (C=O) groups excluding carboxylic acids is 1. The van der Waals surface area contributed by atoms with Gasteiger partial charge in [-0.1, -0.05) is 6.92 Å². The Bertz CT molecular complexity index is 709. The Labute approximate surface area is 130 Å².